The monoisotopic (exact) mass is 285 g/mol. The van der Waals surface area contributed by atoms with Crippen molar-refractivity contribution in [3.63, 3.8) is 0 Å². The van der Waals surface area contributed by atoms with Gasteiger partial charge in [-0.1, -0.05) is 0 Å². The van der Waals surface area contributed by atoms with Crippen LogP contribution in [0.3, 0.4) is 0 Å². The van der Waals surface area contributed by atoms with Crippen LogP contribution in [0.4, 0.5) is 0 Å². The number of thiophene rings is 1. The third-order valence-electron chi connectivity index (χ3n) is 2.00. The Hall–Kier alpha value is -1.07. The Bertz CT molecular complexity index is 489. The van der Waals surface area contributed by atoms with Crippen LogP contribution in [0.15, 0.2) is 34.2 Å². The molecule has 3 nitrogen and oxygen atoms in total. The Balaban J connectivity index is 2.24. The molecular weight excluding hydrogens is 278 g/mol. The molecule has 2 heterocycles. The van der Waals surface area contributed by atoms with Crippen molar-refractivity contribution in [3.05, 3.63) is 44.8 Å². The van der Waals surface area contributed by atoms with E-state index in [0.717, 1.165) is 8.66 Å². The van der Waals surface area contributed by atoms with Crippen molar-refractivity contribution in [2.75, 3.05) is 0 Å². The van der Waals surface area contributed by atoms with Gasteiger partial charge in [0.05, 0.1) is 10.3 Å². The minimum atomic E-state index is -0.893. The Labute approximate surface area is 99.1 Å². The highest BCUT2D eigenvalue weighted by atomic mass is 79.9. The molecule has 0 fully saturated rings. The molecule has 78 valence electrons. The summed E-state index contributed by atoms with van der Waals surface area (Å²) >= 11 is 4.99. The van der Waals surface area contributed by atoms with Gasteiger partial charge in [0.25, 0.3) is 0 Å². The Morgan fingerprint density at radius 2 is 2.27 bits per heavy atom. The normalized spacial score (nSPS) is 10.5. The maximum Gasteiger partial charge on any atom is 0.352 e. The van der Waals surface area contributed by atoms with E-state index in [-0.39, 0.29) is 0 Å². The Morgan fingerprint density at radius 3 is 2.87 bits per heavy atom. The van der Waals surface area contributed by atoms with E-state index < -0.39 is 5.97 Å². The minimum absolute atomic E-state index is 0.319. The highest BCUT2D eigenvalue weighted by Crippen LogP contribution is 2.23. The zero-order chi connectivity index (χ0) is 10.8. The molecule has 0 atom stereocenters. The number of hydrogen-bond donors (Lipinski definition) is 1. The molecule has 2 aromatic heterocycles. The summed E-state index contributed by atoms with van der Waals surface area (Å²) in [6, 6.07) is 7.29. The fourth-order valence-electron chi connectivity index (χ4n) is 1.35. The number of carboxylic acid groups (broad SMARTS) is 1. The molecule has 0 aliphatic rings. The molecule has 0 aliphatic heterocycles. The van der Waals surface area contributed by atoms with Gasteiger partial charge in [0, 0.05) is 11.1 Å². The van der Waals surface area contributed by atoms with Crippen molar-refractivity contribution in [1.82, 2.24) is 4.57 Å². The molecule has 0 aromatic carbocycles. The van der Waals surface area contributed by atoms with Gasteiger partial charge in [-0.3, -0.25) is 0 Å². The van der Waals surface area contributed by atoms with E-state index in [2.05, 4.69) is 15.9 Å². The predicted molar refractivity (Wildman–Crippen MR) is 62.5 cm³/mol. The third-order valence-corrected chi connectivity index (χ3v) is 3.61. The number of carbonyl (C=O) groups is 1. The summed E-state index contributed by atoms with van der Waals surface area (Å²) in [5, 5.41) is 8.91. The first-order valence-electron chi connectivity index (χ1n) is 4.29. The number of carboxylic acids is 1. The smallest absolute Gasteiger partial charge is 0.352 e. The summed E-state index contributed by atoms with van der Waals surface area (Å²) in [7, 11) is 0. The van der Waals surface area contributed by atoms with Gasteiger partial charge in [-0.25, -0.2) is 4.79 Å². The predicted octanol–water partition coefficient (Wildman–Crippen LogP) is 3.06. The van der Waals surface area contributed by atoms with Crippen LogP contribution in [0.5, 0.6) is 0 Å². The minimum Gasteiger partial charge on any atom is -0.477 e. The summed E-state index contributed by atoms with van der Waals surface area (Å²) in [6.45, 7) is 0.602. The first-order valence-corrected chi connectivity index (χ1v) is 5.90. The van der Waals surface area contributed by atoms with Gasteiger partial charge in [-0.05, 0) is 40.2 Å². The molecule has 5 heteroatoms. The maximum absolute atomic E-state index is 10.9. The maximum atomic E-state index is 10.9. The van der Waals surface area contributed by atoms with Gasteiger partial charge in [0.2, 0.25) is 0 Å². The van der Waals surface area contributed by atoms with Crippen LogP contribution in [-0.4, -0.2) is 15.6 Å². The standard InChI is InChI=1S/C10H8BrNO2S/c11-9-4-3-7(15-9)6-12-5-1-2-8(12)10(13)14/h1-5H,6H2,(H,13,14). The number of hydrogen-bond acceptors (Lipinski definition) is 2. The van der Waals surface area contributed by atoms with Crippen molar-refractivity contribution in [1.29, 1.82) is 0 Å². The number of rotatable bonds is 3. The third kappa shape index (κ3) is 2.30. The second-order valence-corrected chi connectivity index (χ2v) is 5.58. The van der Waals surface area contributed by atoms with Gasteiger partial charge in [-0.2, -0.15) is 0 Å². The van der Waals surface area contributed by atoms with Gasteiger partial charge >= 0.3 is 5.97 Å². The highest BCUT2D eigenvalue weighted by Gasteiger charge is 2.09. The molecule has 15 heavy (non-hydrogen) atoms. The zero-order valence-electron chi connectivity index (χ0n) is 7.68. The van der Waals surface area contributed by atoms with Crippen molar-refractivity contribution >= 4 is 33.2 Å². The molecule has 0 bridgehead atoms. The van der Waals surface area contributed by atoms with Gasteiger partial charge in [0.15, 0.2) is 0 Å². The molecule has 0 radical (unpaired) electrons. The second kappa shape index (κ2) is 4.20. The zero-order valence-corrected chi connectivity index (χ0v) is 10.1. The first-order chi connectivity index (χ1) is 7.16. The molecule has 0 aliphatic carbocycles. The van der Waals surface area contributed by atoms with E-state index >= 15 is 0 Å². The summed E-state index contributed by atoms with van der Waals surface area (Å²) in [4.78, 5) is 12.0. The number of halogens is 1. The summed E-state index contributed by atoms with van der Waals surface area (Å²) < 4.78 is 2.78. The van der Waals surface area contributed by atoms with Crippen LogP contribution in [0.25, 0.3) is 0 Å². The van der Waals surface area contributed by atoms with Gasteiger partial charge < -0.3 is 9.67 Å². The van der Waals surface area contributed by atoms with Gasteiger partial charge in [0.1, 0.15) is 5.69 Å². The van der Waals surface area contributed by atoms with Crippen LogP contribution in [0, 0.1) is 0 Å². The summed E-state index contributed by atoms with van der Waals surface area (Å²) in [5.74, 6) is -0.893. The lowest BCUT2D eigenvalue weighted by atomic mass is 10.4. The highest BCUT2D eigenvalue weighted by molar-refractivity contribution is 9.11. The van der Waals surface area contributed by atoms with E-state index in [1.54, 1.807) is 34.2 Å². The van der Waals surface area contributed by atoms with E-state index in [0.29, 0.717) is 12.2 Å². The molecule has 0 saturated carbocycles. The molecule has 2 rings (SSSR count). The van der Waals surface area contributed by atoms with E-state index in [9.17, 15) is 4.79 Å². The molecular formula is C10H8BrNO2S. The van der Waals surface area contributed by atoms with Crippen molar-refractivity contribution in [3.8, 4) is 0 Å². The van der Waals surface area contributed by atoms with E-state index in [1.807, 2.05) is 12.1 Å². The largest absolute Gasteiger partial charge is 0.477 e. The van der Waals surface area contributed by atoms with Crippen LogP contribution < -0.4 is 0 Å². The van der Waals surface area contributed by atoms with Crippen LogP contribution >= 0.6 is 27.3 Å². The molecule has 0 amide bonds. The summed E-state index contributed by atoms with van der Waals surface area (Å²) in [6.07, 6.45) is 1.77. The lowest BCUT2D eigenvalue weighted by Crippen LogP contribution is -2.07. The van der Waals surface area contributed by atoms with Crippen molar-refractivity contribution in [2.24, 2.45) is 0 Å². The second-order valence-electron chi connectivity index (χ2n) is 3.03. The number of aromatic nitrogens is 1. The van der Waals surface area contributed by atoms with Crippen molar-refractivity contribution in [2.45, 2.75) is 6.54 Å². The number of aromatic carboxylic acids is 1. The van der Waals surface area contributed by atoms with Gasteiger partial charge in [-0.15, -0.1) is 11.3 Å². The van der Waals surface area contributed by atoms with E-state index in [4.69, 9.17) is 5.11 Å². The average molecular weight is 286 g/mol. The fourth-order valence-corrected chi connectivity index (χ4v) is 2.83. The van der Waals surface area contributed by atoms with Crippen LogP contribution in [0.1, 0.15) is 15.4 Å². The number of nitrogens with zero attached hydrogens (tertiary/aromatic N) is 1. The Kier molecular flexibility index (Phi) is 2.93. The van der Waals surface area contributed by atoms with Crippen LogP contribution in [0.2, 0.25) is 0 Å². The van der Waals surface area contributed by atoms with Crippen molar-refractivity contribution < 1.29 is 9.90 Å². The molecule has 1 N–H and O–H groups in total. The average Bonchev–Trinajstić information content (AvgIpc) is 2.75. The summed E-state index contributed by atoms with van der Waals surface area (Å²) in [5.41, 5.74) is 0.319. The quantitative estimate of drug-likeness (QED) is 0.942. The molecule has 2 aromatic rings. The Morgan fingerprint density at radius 1 is 1.47 bits per heavy atom. The molecule has 0 unspecified atom stereocenters. The lowest BCUT2D eigenvalue weighted by Gasteiger charge is -2.03. The van der Waals surface area contributed by atoms with E-state index in [1.165, 1.54) is 0 Å². The fraction of sp³-hybridized carbons (Fsp3) is 0.100. The topological polar surface area (TPSA) is 42.2 Å². The SMILES string of the molecule is O=C(O)c1cccn1Cc1ccc(Br)s1. The first kappa shape index (κ1) is 10.4. The molecule has 0 spiro atoms. The molecule has 0 saturated heterocycles. The lowest BCUT2D eigenvalue weighted by molar-refractivity contribution is 0.0686. The van der Waals surface area contributed by atoms with Crippen LogP contribution in [-0.2, 0) is 6.54 Å².